The van der Waals surface area contributed by atoms with E-state index in [9.17, 15) is 0 Å². The Hall–Kier alpha value is -3.48. The van der Waals surface area contributed by atoms with E-state index in [1.54, 1.807) is 18.5 Å². The van der Waals surface area contributed by atoms with Gasteiger partial charge < -0.3 is 15.0 Å². The molecule has 0 bridgehead atoms. The minimum atomic E-state index is 0.314. The molecule has 0 amide bonds. The van der Waals surface area contributed by atoms with Crippen molar-refractivity contribution < 1.29 is 4.74 Å². The molecule has 7 nitrogen and oxygen atoms in total. The molecule has 4 aromatic rings. The summed E-state index contributed by atoms with van der Waals surface area (Å²) in [5, 5.41) is 0.863. The van der Waals surface area contributed by atoms with E-state index in [-0.39, 0.29) is 0 Å². The summed E-state index contributed by atoms with van der Waals surface area (Å²) in [7, 11) is 1.97. The van der Waals surface area contributed by atoms with E-state index in [4.69, 9.17) is 10.5 Å². The number of aryl methyl sites for hydroxylation is 1. The quantitative estimate of drug-likeness (QED) is 0.518. The fraction of sp³-hybridized carbons (Fsp3) is 0.273. The molecule has 0 saturated heterocycles. The number of aromatic nitrogens is 5. The number of anilines is 1. The number of hydrogen-bond donors (Lipinski definition) is 1. The molecule has 0 spiro atoms. The minimum Gasteiger partial charge on any atom is -0.424 e. The van der Waals surface area contributed by atoms with Gasteiger partial charge in [-0.05, 0) is 30.7 Å². The average molecular weight is 393 g/mol. The van der Waals surface area contributed by atoms with Crippen molar-refractivity contribution in [3.63, 3.8) is 0 Å². The molecule has 3 aromatic heterocycles. The lowest BCUT2D eigenvalue weighted by Crippen LogP contribution is -1.95. The van der Waals surface area contributed by atoms with Crippen LogP contribution in [-0.4, -0.2) is 24.5 Å². The minimum absolute atomic E-state index is 0.314. The number of nitrogen functional groups attached to an aromatic ring is 1. The van der Waals surface area contributed by atoms with Crippen LogP contribution in [0.15, 0.2) is 49.1 Å². The third-order valence-corrected chi connectivity index (χ3v) is 4.18. The lowest BCUT2D eigenvalue weighted by Gasteiger charge is -2.06. The highest BCUT2D eigenvalue weighted by Gasteiger charge is 2.17. The van der Waals surface area contributed by atoms with Gasteiger partial charge in [0.15, 0.2) is 0 Å². The Labute approximate surface area is 171 Å². The van der Waals surface area contributed by atoms with E-state index in [0.717, 1.165) is 27.9 Å². The first-order valence-corrected chi connectivity index (χ1v) is 9.76. The summed E-state index contributed by atoms with van der Waals surface area (Å²) in [6.45, 7) is 10.0. The number of nitrogens with two attached hydrogens (primary N) is 1. The molecule has 3 heterocycles. The molecule has 1 aromatic carbocycles. The van der Waals surface area contributed by atoms with Gasteiger partial charge in [0.05, 0.1) is 5.39 Å². The Morgan fingerprint density at radius 1 is 0.897 bits per heavy atom. The Balaban J connectivity index is 0.000000707. The second kappa shape index (κ2) is 10.2. The van der Waals surface area contributed by atoms with Crippen LogP contribution in [0.5, 0.6) is 11.8 Å². The van der Waals surface area contributed by atoms with E-state index in [1.807, 2.05) is 70.5 Å². The molecule has 0 unspecified atom stereocenters. The largest absolute Gasteiger partial charge is 0.424 e. The maximum absolute atomic E-state index is 6.10. The van der Waals surface area contributed by atoms with Crippen LogP contribution >= 0.6 is 0 Å². The first kappa shape index (κ1) is 21.8. The van der Waals surface area contributed by atoms with Crippen LogP contribution in [0, 0.1) is 6.92 Å². The van der Waals surface area contributed by atoms with Crippen molar-refractivity contribution in [1.82, 2.24) is 24.5 Å². The van der Waals surface area contributed by atoms with Crippen molar-refractivity contribution in [1.29, 1.82) is 0 Å². The summed E-state index contributed by atoms with van der Waals surface area (Å²) in [6.07, 6.45) is 4.76. The van der Waals surface area contributed by atoms with E-state index < -0.39 is 0 Å². The van der Waals surface area contributed by atoms with E-state index >= 15 is 0 Å². The highest BCUT2D eigenvalue weighted by atomic mass is 16.5. The number of benzene rings is 1. The third kappa shape index (κ3) is 4.51. The molecule has 0 atom stereocenters. The fourth-order valence-electron chi connectivity index (χ4n) is 2.88. The van der Waals surface area contributed by atoms with Gasteiger partial charge in [0.1, 0.15) is 23.5 Å². The molecule has 0 aliphatic carbocycles. The van der Waals surface area contributed by atoms with E-state index in [2.05, 4.69) is 19.9 Å². The fourth-order valence-corrected chi connectivity index (χ4v) is 2.88. The van der Waals surface area contributed by atoms with Crippen LogP contribution in [0.3, 0.4) is 0 Å². The van der Waals surface area contributed by atoms with Crippen LogP contribution in [0.25, 0.3) is 22.2 Å². The second-order valence-corrected chi connectivity index (χ2v) is 5.63. The zero-order valence-corrected chi connectivity index (χ0v) is 17.8. The van der Waals surface area contributed by atoms with Gasteiger partial charge >= 0.3 is 6.01 Å². The Morgan fingerprint density at radius 3 is 2.14 bits per heavy atom. The normalized spacial score (nSPS) is 9.86. The molecule has 0 aliphatic heterocycles. The SMILES string of the molecule is CC.CC.Cc1c(-c2ccc(Oc3ncccn3)cc2)c2c(N)ncnc2n1C. The molecule has 0 saturated carbocycles. The zero-order chi connectivity index (χ0) is 21.4. The third-order valence-electron chi connectivity index (χ3n) is 4.18. The van der Waals surface area contributed by atoms with Gasteiger partial charge in [-0.3, -0.25) is 0 Å². The van der Waals surface area contributed by atoms with Crippen LogP contribution in [0.2, 0.25) is 0 Å². The van der Waals surface area contributed by atoms with Gasteiger partial charge in [-0.2, -0.15) is 0 Å². The summed E-state index contributed by atoms with van der Waals surface area (Å²) in [6, 6.07) is 9.77. The average Bonchev–Trinajstić information content (AvgIpc) is 3.04. The van der Waals surface area contributed by atoms with Crippen molar-refractivity contribution in [3.05, 3.63) is 54.7 Å². The topological polar surface area (TPSA) is 91.7 Å². The lowest BCUT2D eigenvalue weighted by molar-refractivity contribution is 0.442. The summed E-state index contributed by atoms with van der Waals surface area (Å²) in [4.78, 5) is 16.6. The summed E-state index contributed by atoms with van der Waals surface area (Å²) in [5.74, 6) is 1.14. The number of rotatable bonds is 3. The first-order chi connectivity index (χ1) is 14.1. The number of fused-ring (bicyclic) bond motifs is 1. The van der Waals surface area contributed by atoms with Gasteiger partial charge in [-0.1, -0.05) is 39.8 Å². The maximum atomic E-state index is 6.10. The van der Waals surface area contributed by atoms with Gasteiger partial charge in [0.2, 0.25) is 0 Å². The standard InChI is InChI=1S/C18H16N6O.2C2H6/c1-11-14(15-16(19)22-10-23-17(15)24(11)2)12-4-6-13(7-5-12)25-18-20-8-3-9-21-18;2*1-2/h3-10H,1-2H3,(H2,19,22,23);2*1-2H3. The molecule has 152 valence electrons. The molecular formula is C22H28N6O. The lowest BCUT2D eigenvalue weighted by atomic mass is 10.0. The molecule has 4 rings (SSSR count). The Kier molecular flexibility index (Phi) is 7.65. The predicted octanol–water partition coefficient (Wildman–Crippen LogP) is 5.16. The van der Waals surface area contributed by atoms with Crippen LogP contribution in [-0.2, 0) is 7.05 Å². The number of ether oxygens (including phenoxy) is 1. The van der Waals surface area contributed by atoms with Gasteiger partial charge in [-0.25, -0.2) is 19.9 Å². The van der Waals surface area contributed by atoms with Crippen molar-refractivity contribution in [3.8, 4) is 22.9 Å². The second-order valence-electron chi connectivity index (χ2n) is 5.63. The smallest absolute Gasteiger partial charge is 0.321 e. The molecule has 2 N–H and O–H groups in total. The number of hydrogen-bond acceptors (Lipinski definition) is 6. The molecule has 0 radical (unpaired) electrons. The van der Waals surface area contributed by atoms with Crippen LogP contribution < -0.4 is 10.5 Å². The molecular weight excluding hydrogens is 364 g/mol. The van der Waals surface area contributed by atoms with Gasteiger partial charge in [0.25, 0.3) is 0 Å². The highest BCUT2D eigenvalue weighted by molar-refractivity contribution is 6.02. The Bertz CT molecular complexity index is 1040. The zero-order valence-electron chi connectivity index (χ0n) is 17.8. The molecule has 29 heavy (non-hydrogen) atoms. The van der Waals surface area contributed by atoms with Crippen LogP contribution in [0.4, 0.5) is 5.82 Å². The number of nitrogens with zero attached hydrogens (tertiary/aromatic N) is 5. The van der Waals surface area contributed by atoms with E-state index in [0.29, 0.717) is 17.6 Å². The summed E-state index contributed by atoms with van der Waals surface area (Å²) in [5.41, 5.74) is 10.0. The van der Waals surface area contributed by atoms with Gasteiger partial charge in [-0.15, -0.1) is 0 Å². The van der Waals surface area contributed by atoms with Crippen molar-refractivity contribution in [2.24, 2.45) is 7.05 Å². The van der Waals surface area contributed by atoms with Crippen molar-refractivity contribution >= 4 is 16.9 Å². The maximum Gasteiger partial charge on any atom is 0.321 e. The monoisotopic (exact) mass is 392 g/mol. The Morgan fingerprint density at radius 2 is 1.52 bits per heavy atom. The highest BCUT2D eigenvalue weighted by Crippen LogP contribution is 2.36. The van der Waals surface area contributed by atoms with Gasteiger partial charge in [0, 0.05) is 30.7 Å². The molecule has 0 fully saturated rings. The molecule has 7 heteroatoms. The summed E-state index contributed by atoms with van der Waals surface area (Å²) < 4.78 is 7.66. The van der Waals surface area contributed by atoms with E-state index in [1.165, 1.54) is 6.33 Å². The van der Waals surface area contributed by atoms with Crippen LogP contribution in [0.1, 0.15) is 33.4 Å². The molecule has 0 aliphatic rings. The summed E-state index contributed by atoms with van der Waals surface area (Å²) >= 11 is 0. The predicted molar refractivity (Wildman–Crippen MR) is 118 cm³/mol. The first-order valence-electron chi connectivity index (χ1n) is 9.76. The van der Waals surface area contributed by atoms with Crippen molar-refractivity contribution in [2.75, 3.05) is 5.73 Å². The van der Waals surface area contributed by atoms with Crippen molar-refractivity contribution in [2.45, 2.75) is 34.6 Å².